The second-order valence-corrected chi connectivity index (χ2v) is 5.82. The van der Waals surface area contributed by atoms with Crippen LogP contribution in [0.3, 0.4) is 0 Å². The van der Waals surface area contributed by atoms with Gasteiger partial charge in [-0.15, -0.1) is 11.3 Å². The zero-order valence-electron chi connectivity index (χ0n) is 10.4. The molecule has 4 nitrogen and oxygen atoms in total. The number of aromatic nitrogens is 2. The third-order valence-electron chi connectivity index (χ3n) is 3.22. The summed E-state index contributed by atoms with van der Waals surface area (Å²) in [7, 11) is 0. The van der Waals surface area contributed by atoms with Gasteiger partial charge in [-0.1, -0.05) is 11.6 Å². The molecule has 3 heterocycles. The fourth-order valence-electron chi connectivity index (χ4n) is 2.30. The van der Waals surface area contributed by atoms with Crippen molar-refractivity contribution in [2.75, 3.05) is 11.4 Å². The largest absolute Gasteiger partial charge is 0.351 e. The molecule has 98 valence electrons. The highest BCUT2D eigenvalue weighted by Crippen LogP contribution is 2.30. The van der Waals surface area contributed by atoms with E-state index in [2.05, 4.69) is 26.3 Å². The molecular weight excluding hydrogens is 282 g/mol. The summed E-state index contributed by atoms with van der Waals surface area (Å²) < 4.78 is 0. The van der Waals surface area contributed by atoms with Crippen molar-refractivity contribution in [3.05, 3.63) is 38.4 Å². The Bertz CT molecular complexity index is 641. The molecule has 0 spiro atoms. The van der Waals surface area contributed by atoms with Gasteiger partial charge in [0.1, 0.15) is 16.8 Å². The van der Waals surface area contributed by atoms with E-state index in [-0.39, 0.29) is 5.15 Å². The summed E-state index contributed by atoms with van der Waals surface area (Å²) in [5.41, 5.74) is 1.69. The van der Waals surface area contributed by atoms with Crippen molar-refractivity contribution < 1.29 is 4.79 Å². The number of aryl methyl sites for hydroxylation is 1. The molecule has 6 heteroatoms. The number of fused-ring (bicyclic) bond motifs is 1. The van der Waals surface area contributed by atoms with Crippen molar-refractivity contribution in [1.29, 1.82) is 0 Å². The molecule has 0 fully saturated rings. The first-order chi connectivity index (χ1) is 9.19. The smallest absolute Gasteiger partial charge is 0.156 e. The van der Waals surface area contributed by atoms with E-state index < -0.39 is 0 Å². The molecule has 19 heavy (non-hydrogen) atoms. The van der Waals surface area contributed by atoms with E-state index in [0.717, 1.165) is 25.8 Å². The number of carbonyl (C=O) groups is 1. The van der Waals surface area contributed by atoms with Gasteiger partial charge in [-0.05, 0) is 30.4 Å². The van der Waals surface area contributed by atoms with E-state index in [9.17, 15) is 4.79 Å². The molecule has 0 N–H and O–H groups in total. The highest BCUT2D eigenvalue weighted by atomic mass is 35.5. The number of aldehydes is 1. The van der Waals surface area contributed by atoms with Crippen molar-refractivity contribution in [3.63, 3.8) is 0 Å². The maximum absolute atomic E-state index is 11.2. The zero-order chi connectivity index (χ0) is 13.4. The molecule has 0 saturated carbocycles. The number of hydrogen-bond acceptors (Lipinski definition) is 5. The van der Waals surface area contributed by atoms with Gasteiger partial charge >= 0.3 is 0 Å². The minimum atomic E-state index is 0.230. The summed E-state index contributed by atoms with van der Waals surface area (Å²) in [6.07, 6.45) is 1.71. The molecule has 0 unspecified atom stereocenters. The lowest BCUT2D eigenvalue weighted by Gasteiger charge is -2.29. The van der Waals surface area contributed by atoms with Crippen LogP contribution >= 0.6 is 22.9 Å². The van der Waals surface area contributed by atoms with Crippen molar-refractivity contribution >= 4 is 35.0 Å². The molecule has 1 aliphatic rings. The van der Waals surface area contributed by atoms with E-state index in [0.29, 0.717) is 17.2 Å². The number of hydrogen-bond donors (Lipinski definition) is 0. The van der Waals surface area contributed by atoms with Crippen LogP contribution in [0.1, 0.15) is 26.6 Å². The van der Waals surface area contributed by atoms with Crippen LogP contribution in [0, 0.1) is 6.92 Å². The third kappa shape index (κ3) is 2.24. The number of thiophene rings is 1. The van der Waals surface area contributed by atoms with Crippen LogP contribution < -0.4 is 4.90 Å². The Kier molecular flexibility index (Phi) is 3.24. The average molecular weight is 294 g/mol. The summed E-state index contributed by atoms with van der Waals surface area (Å²) in [5, 5.41) is 2.33. The van der Waals surface area contributed by atoms with Crippen LogP contribution in [0.5, 0.6) is 0 Å². The maximum atomic E-state index is 11.2. The second kappa shape index (κ2) is 4.90. The predicted molar refractivity (Wildman–Crippen MR) is 76.2 cm³/mol. The Balaban J connectivity index is 2.02. The number of halogens is 1. The highest BCUT2D eigenvalue weighted by Gasteiger charge is 2.22. The van der Waals surface area contributed by atoms with Gasteiger partial charge in [-0.25, -0.2) is 9.97 Å². The van der Waals surface area contributed by atoms with E-state index in [1.165, 1.54) is 10.4 Å². The molecular formula is C13H12ClN3OS. The normalized spacial score (nSPS) is 14.3. The van der Waals surface area contributed by atoms with Gasteiger partial charge in [0, 0.05) is 18.0 Å². The zero-order valence-corrected chi connectivity index (χ0v) is 12.0. The van der Waals surface area contributed by atoms with Crippen molar-refractivity contribution in [3.8, 4) is 0 Å². The molecule has 0 saturated heterocycles. The van der Waals surface area contributed by atoms with Gasteiger partial charge < -0.3 is 4.90 Å². The fourth-order valence-corrected chi connectivity index (χ4v) is 3.45. The van der Waals surface area contributed by atoms with Gasteiger partial charge in [0.05, 0.1) is 5.56 Å². The summed E-state index contributed by atoms with van der Waals surface area (Å²) in [4.78, 5) is 23.1. The van der Waals surface area contributed by atoms with Gasteiger partial charge in [-0.2, -0.15) is 0 Å². The molecule has 3 rings (SSSR count). The maximum Gasteiger partial charge on any atom is 0.156 e. The lowest BCUT2D eigenvalue weighted by Crippen LogP contribution is -2.31. The molecule has 1 aliphatic heterocycles. The lowest BCUT2D eigenvalue weighted by molar-refractivity contribution is 0.112. The topological polar surface area (TPSA) is 46.1 Å². The first-order valence-electron chi connectivity index (χ1n) is 5.98. The van der Waals surface area contributed by atoms with Crippen LogP contribution in [-0.2, 0) is 13.0 Å². The Labute approximate surface area is 120 Å². The van der Waals surface area contributed by atoms with Crippen molar-refractivity contribution in [1.82, 2.24) is 9.97 Å². The Morgan fingerprint density at radius 1 is 1.47 bits per heavy atom. The first kappa shape index (κ1) is 12.6. The number of anilines is 1. The summed E-state index contributed by atoms with van der Waals surface area (Å²) in [6.45, 7) is 3.40. The van der Waals surface area contributed by atoms with Gasteiger partial charge in [0.15, 0.2) is 6.29 Å². The minimum absolute atomic E-state index is 0.230. The molecule has 0 atom stereocenters. The summed E-state index contributed by atoms with van der Waals surface area (Å²) in [5.74, 6) is 1.23. The van der Waals surface area contributed by atoms with Crippen LogP contribution in [0.15, 0.2) is 11.4 Å². The van der Waals surface area contributed by atoms with Crippen LogP contribution in [0.4, 0.5) is 5.82 Å². The quantitative estimate of drug-likeness (QED) is 0.631. The van der Waals surface area contributed by atoms with Crippen LogP contribution in [-0.4, -0.2) is 22.8 Å². The number of carbonyl (C=O) groups excluding carboxylic acids is 1. The molecule has 0 aromatic carbocycles. The van der Waals surface area contributed by atoms with Crippen molar-refractivity contribution in [2.24, 2.45) is 0 Å². The molecule has 0 radical (unpaired) electrons. The Hall–Kier alpha value is -1.46. The summed E-state index contributed by atoms with van der Waals surface area (Å²) >= 11 is 7.81. The average Bonchev–Trinajstić information content (AvgIpc) is 2.85. The molecule has 0 aliphatic carbocycles. The van der Waals surface area contributed by atoms with Crippen LogP contribution in [0.25, 0.3) is 0 Å². The molecule has 2 aromatic rings. The SMILES string of the molecule is Cc1nc(Cl)c(C=O)c(N2CCc3sccc3C2)n1. The molecule has 2 aromatic heterocycles. The second-order valence-electron chi connectivity index (χ2n) is 4.46. The van der Waals surface area contributed by atoms with E-state index in [1.807, 2.05) is 0 Å². The van der Waals surface area contributed by atoms with Gasteiger partial charge in [-0.3, -0.25) is 4.79 Å². The molecule has 0 amide bonds. The lowest BCUT2D eigenvalue weighted by atomic mass is 10.1. The standard InChI is InChI=1S/C13H12ClN3OS/c1-8-15-12(14)10(7-18)13(16-8)17-4-2-11-9(6-17)3-5-19-11/h3,5,7H,2,4,6H2,1H3. The predicted octanol–water partition coefficient (Wildman–Crippen LogP) is 2.88. The third-order valence-corrected chi connectivity index (χ3v) is 4.53. The number of nitrogens with zero attached hydrogens (tertiary/aromatic N) is 3. The highest BCUT2D eigenvalue weighted by molar-refractivity contribution is 7.10. The van der Waals surface area contributed by atoms with Gasteiger partial charge in [0.25, 0.3) is 0 Å². The molecule has 0 bridgehead atoms. The van der Waals surface area contributed by atoms with Gasteiger partial charge in [0.2, 0.25) is 0 Å². The minimum Gasteiger partial charge on any atom is -0.351 e. The monoisotopic (exact) mass is 293 g/mol. The van der Waals surface area contributed by atoms with E-state index in [4.69, 9.17) is 11.6 Å². The fraction of sp³-hybridized carbons (Fsp3) is 0.308. The first-order valence-corrected chi connectivity index (χ1v) is 7.24. The van der Waals surface area contributed by atoms with E-state index >= 15 is 0 Å². The van der Waals surface area contributed by atoms with Crippen LogP contribution in [0.2, 0.25) is 5.15 Å². The summed E-state index contributed by atoms with van der Waals surface area (Å²) in [6, 6.07) is 2.13. The van der Waals surface area contributed by atoms with Crippen molar-refractivity contribution in [2.45, 2.75) is 19.9 Å². The number of rotatable bonds is 2. The van der Waals surface area contributed by atoms with E-state index in [1.54, 1.807) is 18.3 Å². The Morgan fingerprint density at radius 3 is 3.11 bits per heavy atom. The Morgan fingerprint density at radius 2 is 2.32 bits per heavy atom.